The molecule has 0 spiro atoms. The van der Waals surface area contributed by atoms with Crippen LogP contribution in [0.1, 0.15) is 22.8 Å². The van der Waals surface area contributed by atoms with Gasteiger partial charge in [-0.1, -0.05) is 60.1 Å². The third kappa shape index (κ3) is 6.72. The Kier molecular flexibility index (Phi) is 10.0. The van der Waals surface area contributed by atoms with Crippen LogP contribution in [0.4, 0.5) is 17.1 Å². The fourth-order valence-electron chi connectivity index (χ4n) is 3.70. The molecule has 0 aromatic heterocycles. The number of benzene rings is 4. The number of ether oxygens (including phenoxy) is 1. The SMILES string of the molecule is CCc1cc(N=Nc2c([O-])c(C(=O)Nc3cc(OC)ccc3Cl)cc3ccccc23)c(Cl)c(S(=O)(=O)O)c1.[Na+]. The van der Waals surface area contributed by atoms with Crippen molar-refractivity contribution in [2.24, 2.45) is 10.2 Å². The molecule has 0 saturated carbocycles. The summed E-state index contributed by atoms with van der Waals surface area (Å²) in [5.41, 5.74) is 0.319. The van der Waals surface area contributed by atoms with Gasteiger partial charge in [-0.3, -0.25) is 9.35 Å². The Balaban J connectivity index is 0.00000420. The maximum atomic E-state index is 13.4. The maximum Gasteiger partial charge on any atom is 1.00 e. The van der Waals surface area contributed by atoms with E-state index in [1.54, 1.807) is 43.3 Å². The number of rotatable bonds is 7. The Bertz CT molecular complexity index is 1710. The van der Waals surface area contributed by atoms with E-state index >= 15 is 0 Å². The fourth-order valence-corrected chi connectivity index (χ4v) is 4.94. The van der Waals surface area contributed by atoms with Gasteiger partial charge >= 0.3 is 29.6 Å². The van der Waals surface area contributed by atoms with Gasteiger partial charge in [0.2, 0.25) is 0 Å². The topological polar surface area (TPSA) is 140 Å². The second kappa shape index (κ2) is 12.6. The summed E-state index contributed by atoms with van der Waals surface area (Å²) < 4.78 is 38.3. The van der Waals surface area contributed by atoms with E-state index in [9.17, 15) is 22.9 Å². The minimum absolute atomic E-state index is 0. The number of nitrogens with one attached hydrogen (secondary N) is 1. The van der Waals surface area contributed by atoms with Gasteiger partial charge in [-0.05, 0) is 47.7 Å². The van der Waals surface area contributed by atoms with Crippen LogP contribution in [0.3, 0.4) is 0 Å². The number of aryl methyl sites for hydroxylation is 1. The normalized spacial score (nSPS) is 11.4. The zero-order valence-electron chi connectivity index (χ0n) is 21.0. The third-order valence-corrected chi connectivity index (χ3v) is 7.38. The van der Waals surface area contributed by atoms with E-state index in [0.29, 0.717) is 28.5 Å². The molecule has 0 aliphatic rings. The van der Waals surface area contributed by atoms with Crippen LogP contribution in [-0.2, 0) is 16.5 Å². The molecular weight excluding hydrogens is 576 g/mol. The quantitative estimate of drug-likeness (QED) is 0.189. The number of carbonyl (C=O) groups is 1. The summed E-state index contributed by atoms with van der Waals surface area (Å²) in [5.74, 6) is -0.996. The molecule has 4 aromatic carbocycles. The second-order valence-corrected chi connectivity index (χ2v) is 10.3. The molecule has 2 N–H and O–H groups in total. The molecule has 0 unspecified atom stereocenters. The molecule has 13 heteroatoms. The molecule has 9 nitrogen and oxygen atoms in total. The Morgan fingerprint density at radius 2 is 1.79 bits per heavy atom. The van der Waals surface area contributed by atoms with Crippen LogP contribution in [0, 0.1) is 0 Å². The van der Waals surface area contributed by atoms with Crippen LogP contribution in [-0.4, -0.2) is 26.0 Å². The first-order chi connectivity index (χ1) is 18.0. The predicted octanol–water partition coefficient (Wildman–Crippen LogP) is 3.71. The van der Waals surface area contributed by atoms with E-state index in [1.807, 2.05) is 0 Å². The standard InChI is InChI=1S/C26H21Cl2N3O6S.Na/c1-3-14-10-21(23(28)22(11-14)38(34,35)36)30-31-24-17-7-5-4-6-15(17)12-18(25(24)32)26(33)29-20-13-16(37-2)8-9-19(20)27;/h4-13,32H,3H2,1-2H3,(H,29,33)(H,34,35,36);/q;+1/p-1. The first kappa shape index (κ1) is 30.8. The number of hydrogen-bond donors (Lipinski definition) is 2. The second-order valence-electron chi connectivity index (χ2n) is 8.08. The minimum Gasteiger partial charge on any atom is -0.870 e. The van der Waals surface area contributed by atoms with E-state index in [0.717, 1.165) is 0 Å². The summed E-state index contributed by atoms with van der Waals surface area (Å²) in [6, 6.07) is 15.6. The zero-order valence-corrected chi connectivity index (χ0v) is 25.4. The Labute approximate surface area is 256 Å². The van der Waals surface area contributed by atoms with Crippen LogP contribution < -0.4 is 44.7 Å². The van der Waals surface area contributed by atoms with Gasteiger partial charge in [0.15, 0.2) is 0 Å². The molecule has 196 valence electrons. The molecule has 0 saturated heterocycles. The number of halogens is 2. The number of hydrogen-bond acceptors (Lipinski definition) is 7. The average Bonchev–Trinajstić information content (AvgIpc) is 2.89. The molecule has 4 aromatic rings. The fraction of sp³-hybridized carbons (Fsp3) is 0.115. The number of methoxy groups -OCH3 is 1. The van der Waals surface area contributed by atoms with Crippen molar-refractivity contribution in [2.75, 3.05) is 12.4 Å². The van der Waals surface area contributed by atoms with Crippen LogP contribution in [0.2, 0.25) is 10.0 Å². The van der Waals surface area contributed by atoms with Crippen molar-refractivity contribution >= 4 is 67.1 Å². The smallest absolute Gasteiger partial charge is 0.870 e. The zero-order chi connectivity index (χ0) is 27.6. The van der Waals surface area contributed by atoms with Gasteiger partial charge in [0.05, 0.1) is 28.5 Å². The van der Waals surface area contributed by atoms with Gasteiger partial charge in [-0.2, -0.15) is 13.5 Å². The molecule has 1 amide bonds. The molecule has 4 rings (SSSR count). The average molecular weight is 596 g/mol. The molecule has 0 heterocycles. The number of azo groups is 1. The molecule has 0 atom stereocenters. The van der Waals surface area contributed by atoms with Gasteiger partial charge in [0, 0.05) is 17.0 Å². The number of carbonyl (C=O) groups excluding carboxylic acids is 1. The summed E-state index contributed by atoms with van der Waals surface area (Å²) in [4.78, 5) is 12.6. The van der Waals surface area contributed by atoms with Crippen molar-refractivity contribution in [1.82, 2.24) is 0 Å². The van der Waals surface area contributed by atoms with E-state index in [4.69, 9.17) is 27.9 Å². The van der Waals surface area contributed by atoms with Crippen molar-refractivity contribution in [2.45, 2.75) is 18.2 Å². The van der Waals surface area contributed by atoms with E-state index in [-0.39, 0.29) is 62.2 Å². The summed E-state index contributed by atoms with van der Waals surface area (Å²) in [7, 11) is -3.17. The van der Waals surface area contributed by atoms with Crippen molar-refractivity contribution in [3.63, 3.8) is 0 Å². The van der Waals surface area contributed by atoms with Gasteiger partial charge < -0.3 is 15.2 Å². The van der Waals surface area contributed by atoms with Gasteiger partial charge in [-0.15, -0.1) is 5.11 Å². The van der Waals surface area contributed by atoms with Gasteiger partial charge in [-0.25, -0.2) is 0 Å². The van der Waals surface area contributed by atoms with E-state index < -0.39 is 26.7 Å². The predicted molar refractivity (Wildman–Crippen MR) is 144 cm³/mol. The molecule has 0 aliphatic heterocycles. The number of amides is 1. The monoisotopic (exact) mass is 595 g/mol. The minimum atomic E-state index is -4.64. The number of anilines is 1. The summed E-state index contributed by atoms with van der Waals surface area (Å²) in [6.07, 6.45) is 0.417. The van der Waals surface area contributed by atoms with Crippen LogP contribution >= 0.6 is 23.2 Å². The molecular formula is C26H20Cl2N3NaO6S. The van der Waals surface area contributed by atoms with E-state index in [2.05, 4.69) is 15.5 Å². The first-order valence-corrected chi connectivity index (χ1v) is 13.3. The molecule has 0 radical (unpaired) electrons. The third-order valence-electron chi connectivity index (χ3n) is 5.67. The van der Waals surface area contributed by atoms with Crippen LogP contribution in [0.25, 0.3) is 10.8 Å². The van der Waals surface area contributed by atoms with Crippen molar-refractivity contribution in [3.8, 4) is 11.5 Å². The molecule has 39 heavy (non-hydrogen) atoms. The Morgan fingerprint density at radius 3 is 2.46 bits per heavy atom. The van der Waals surface area contributed by atoms with Crippen molar-refractivity contribution in [1.29, 1.82) is 0 Å². The summed E-state index contributed by atoms with van der Waals surface area (Å²) in [6.45, 7) is 1.78. The Hall–Kier alpha value is -2.70. The summed E-state index contributed by atoms with van der Waals surface area (Å²) in [5, 5.41) is 25.0. The van der Waals surface area contributed by atoms with Crippen molar-refractivity contribution in [3.05, 3.63) is 81.8 Å². The number of nitrogens with zero attached hydrogens (tertiary/aromatic N) is 2. The van der Waals surface area contributed by atoms with Gasteiger partial charge in [0.25, 0.3) is 16.0 Å². The van der Waals surface area contributed by atoms with Crippen molar-refractivity contribution < 1.29 is 57.2 Å². The first-order valence-electron chi connectivity index (χ1n) is 11.1. The molecule has 0 aliphatic carbocycles. The largest absolute Gasteiger partial charge is 1.00 e. The van der Waals surface area contributed by atoms with Gasteiger partial charge in [0.1, 0.15) is 16.3 Å². The molecule has 0 fully saturated rings. The number of fused-ring (bicyclic) bond motifs is 1. The maximum absolute atomic E-state index is 13.4. The van der Waals surface area contributed by atoms with E-state index in [1.165, 1.54) is 31.4 Å². The van der Waals surface area contributed by atoms with Crippen LogP contribution in [0.5, 0.6) is 11.5 Å². The molecule has 0 bridgehead atoms. The Morgan fingerprint density at radius 1 is 1.08 bits per heavy atom. The van der Waals surface area contributed by atoms with Crippen LogP contribution in [0.15, 0.2) is 75.8 Å². The summed E-state index contributed by atoms with van der Waals surface area (Å²) >= 11 is 12.4.